The Kier molecular flexibility index (Phi) is 38.0. The van der Waals surface area contributed by atoms with E-state index >= 15 is 0 Å². The van der Waals surface area contributed by atoms with Gasteiger partial charge in [0, 0.05) is 19.3 Å². The monoisotopic (exact) mass is 705 g/mol. The molecular weight excluding hydrogens is 624 g/mol. The fourth-order valence-electron chi connectivity index (χ4n) is 5.91. The number of hydrogen-bond acceptors (Lipinski definition) is 6. The lowest BCUT2D eigenvalue weighted by atomic mass is 10.1. The zero-order chi connectivity index (χ0) is 36.6. The largest absolute Gasteiger partial charge is 0.462 e. The molecule has 6 heteroatoms. The van der Waals surface area contributed by atoms with Crippen LogP contribution < -0.4 is 0 Å². The van der Waals surface area contributed by atoms with E-state index in [1.165, 1.54) is 96.3 Å². The molecule has 0 N–H and O–H groups in total. The molecule has 0 heterocycles. The van der Waals surface area contributed by atoms with E-state index in [1.807, 2.05) is 0 Å². The predicted molar refractivity (Wildman–Crippen MR) is 210 cm³/mol. The minimum absolute atomic E-state index is 0.0767. The zero-order valence-corrected chi connectivity index (χ0v) is 33.2. The van der Waals surface area contributed by atoms with Crippen LogP contribution in [0.3, 0.4) is 0 Å². The SMILES string of the molecule is CCC/C=C\CCCCCCCC(=O)OC(COC(=O)CCCCCCCC)COC(=O)CCCCCCC/C=C\CCCCCCCCC. The zero-order valence-electron chi connectivity index (χ0n) is 33.2. The van der Waals surface area contributed by atoms with Gasteiger partial charge in [0.15, 0.2) is 6.10 Å². The smallest absolute Gasteiger partial charge is 0.306 e. The minimum Gasteiger partial charge on any atom is -0.462 e. The highest BCUT2D eigenvalue weighted by Crippen LogP contribution is 2.13. The van der Waals surface area contributed by atoms with Gasteiger partial charge in [-0.1, -0.05) is 161 Å². The van der Waals surface area contributed by atoms with Gasteiger partial charge < -0.3 is 14.2 Å². The molecule has 0 aromatic heterocycles. The summed E-state index contributed by atoms with van der Waals surface area (Å²) in [5.41, 5.74) is 0. The van der Waals surface area contributed by atoms with Gasteiger partial charge in [-0.15, -0.1) is 0 Å². The van der Waals surface area contributed by atoms with Gasteiger partial charge in [-0.25, -0.2) is 0 Å². The Bertz CT molecular complexity index is 819. The lowest BCUT2D eigenvalue weighted by Crippen LogP contribution is -2.30. The van der Waals surface area contributed by atoms with Gasteiger partial charge >= 0.3 is 17.9 Å². The quantitative estimate of drug-likeness (QED) is 0.0275. The molecular formula is C44H80O6. The lowest BCUT2D eigenvalue weighted by molar-refractivity contribution is -0.167. The predicted octanol–water partition coefficient (Wildman–Crippen LogP) is 13.2. The first kappa shape index (κ1) is 47.9. The lowest BCUT2D eigenvalue weighted by Gasteiger charge is -2.18. The van der Waals surface area contributed by atoms with E-state index in [1.54, 1.807) is 0 Å². The molecule has 1 unspecified atom stereocenters. The van der Waals surface area contributed by atoms with E-state index in [4.69, 9.17) is 14.2 Å². The maximum absolute atomic E-state index is 12.6. The summed E-state index contributed by atoms with van der Waals surface area (Å²) in [7, 11) is 0. The van der Waals surface area contributed by atoms with Crippen LogP contribution in [0.4, 0.5) is 0 Å². The Balaban J connectivity index is 4.26. The number of unbranched alkanes of at least 4 members (excludes halogenated alkanes) is 23. The van der Waals surface area contributed by atoms with Crippen LogP contribution in [0.15, 0.2) is 24.3 Å². The highest BCUT2D eigenvalue weighted by molar-refractivity contribution is 5.71. The van der Waals surface area contributed by atoms with Gasteiger partial charge in [-0.2, -0.15) is 0 Å². The average molecular weight is 705 g/mol. The van der Waals surface area contributed by atoms with Gasteiger partial charge in [-0.05, 0) is 64.2 Å². The van der Waals surface area contributed by atoms with Crippen LogP contribution in [-0.2, 0) is 28.6 Å². The van der Waals surface area contributed by atoms with Gasteiger partial charge in [-0.3, -0.25) is 14.4 Å². The van der Waals surface area contributed by atoms with Crippen molar-refractivity contribution in [2.24, 2.45) is 0 Å². The molecule has 0 radical (unpaired) electrons. The number of allylic oxidation sites excluding steroid dienone is 4. The molecule has 0 aromatic carbocycles. The number of carbonyl (C=O) groups is 3. The van der Waals surface area contributed by atoms with Gasteiger partial charge in [0.2, 0.25) is 0 Å². The van der Waals surface area contributed by atoms with Crippen molar-refractivity contribution in [3.8, 4) is 0 Å². The fourth-order valence-corrected chi connectivity index (χ4v) is 5.91. The average Bonchev–Trinajstić information content (AvgIpc) is 3.11. The molecule has 0 aliphatic rings. The molecule has 1 atom stereocenters. The number of esters is 3. The van der Waals surface area contributed by atoms with Crippen LogP contribution >= 0.6 is 0 Å². The topological polar surface area (TPSA) is 78.9 Å². The molecule has 292 valence electrons. The van der Waals surface area contributed by atoms with E-state index in [2.05, 4.69) is 45.1 Å². The number of hydrogen-bond donors (Lipinski definition) is 0. The van der Waals surface area contributed by atoms with Crippen molar-refractivity contribution in [3.05, 3.63) is 24.3 Å². The molecule has 0 saturated heterocycles. The second kappa shape index (κ2) is 39.7. The molecule has 0 aliphatic carbocycles. The summed E-state index contributed by atoms with van der Waals surface area (Å²) in [5.74, 6) is -0.906. The molecule has 0 spiro atoms. The van der Waals surface area contributed by atoms with Crippen molar-refractivity contribution < 1.29 is 28.6 Å². The number of ether oxygens (including phenoxy) is 3. The van der Waals surface area contributed by atoms with Crippen LogP contribution in [0.1, 0.15) is 220 Å². The molecule has 0 aromatic rings. The maximum Gasteiger partial charge on any atom is 0.306 e. The first-order valence-electron chi connectivity index (χ1n) is 21.3. The Hall–Kier alpha value is -2.11. The van der Waals surface area contributed by atoms with Crippen molar-refractivity contribution in [2.45, 2.75) is 226 Å². The maximum atomic E-state index is 12.6. The second-order valence-electron chi connectivity index (χ2n) is 14.3. The number of carbonyl (C=O) groups excluding carboxylic acids is 3. The van der Waals surface area contributed by atoms with E-state index in [0.29, 0.717) is 19.3 Å². The van der Waals surface area contributed by atoms with Crippen molar-refractivity contribution in [1.29, 1.82) is 0 Å². The first-order valence-corrected chi connectivity index (χ1v) is 21.3. The Morgan fingerprint density at radius 2 is 0.700 bits per heavy atom. The molecule has 50 heavy (non-hydrogen) atoms. The molecule has 6 nitrogen and oxygen atoms in total. The normalized spacial score (nSPS) is 12.1. The second-order valence-corrected chi connectivity index (χ2v) is 14.3. The van der Waals surface area contributed by atoms with E-state index in [-0.39, 0.29) is 31.1 Å². The molecule has 0 bridgehead atoms. The third kappa shape index (κ3) is 37.2. The standard InChI is InChI=1S/C44H80O6/c1-4-7-10-13-16-18-20-21-22-23-24-25-27-28-31-34-37-43(46)49-40-41(39-48-42(45)36-33-30-15-12-9-6-3)50-44(47)38-35-32-29-26-19-17-14-11-8-5-2/h11,14,22-23,41H,4-10,12-13,15-21,24-40H2,1-3H3/b14-11-,23-22-. The first-order chi connectivity index (χ1) is 24.5. The van der Waals surface area contributed by atoms with Crippen molar-refractivity contribution in [1.82, 2.24) is 0 Å². The molecule has 0 rings (SSSR count). The van der Waals surface area contributed by atoms with Gasteiger partial charge in [0.25, 0.3) is 0 Å². The summed E-state index contributed by atoms with van der Waals surface area (Å²) >= 11 is 0. The van der Waals surface area contributed by atoms with Crippen molar-refractivity contribution >= 4 is 17.9 Å². The summed E-state index contributed by atoms with van der Waals surface area (Å²) in [4.78, 5) is 37.4. The summed E-state index contributed by atoms with van der Waals surface area (Å²) in [6.45, 7) is 6.49. The van der Waals surface area contributed by atoms with Crippen LogP contribution in [-0.4, -0.2) is 37.2 Å². The summed E-state index contributed by atoms with van der Waals surface area (Å²) in [5, 5.41) is 0. The van der Waals surface area contributed by atoms with Crippen LogP contribution in [0, 0.1) is 0 Å². The molecule has 0 amide bonds. The van der Waals surface area contributed by atoms with Crippen LogP contribution in [0.5, 0.6) is 0 Å². The molecule has 0 saturated carbocycles. The Labute approximate surface area is 309 Å². The Morgan fingerprint density at radius 1 is 0.380 bits per heavy atom. The fraction of sp³-hybridized carbons (Fsp3) is 0.841. The van der Waals surface area contributed by atoms with E-state index in [0.717, 1.165) is 83.5 Å². The van der Waals surface area contributed by atoms with Crippen LogP contribution in [0.25, 0.3) is 0 Å². The summed E-state index contributed by atoms with van der Waals surface area (Å²) in [6.07, 6.45) is 41.8. The number of rotatable bonds is 38. The molecule has 0 aliphatic heterocycles. The van der Waals surface area contributed by atoms with Gasteiger partial charge in [0.1, 0.15) is 13.2 Å². The molecule has 0 fully saturated rings. The highest BCUT2D eigenvalue weighted by Gasteiger charge is 2.19. The van der Waals surface area contributed by atoms with Gasteiger partial charge in [0.05, 0.1) is 0 Å². The Morgan fingerprint density at radius 3 is 1.08 bits per heavy atom. The van der Waals surface area contributed by atoms with Crippen molar-refractivity contribution in [2.75, 3.05) is 13.2 Å². The summed E-state index contributed by atoms with van der Waals surface area (Å²) in [6, 6.07) is 0. The summed E-state index contributed by atoms with van der Waals surface area (Å²) < 4.78 is 16.6. The van der Waals surface area contributed by atoms with Crippen LogP contribution in [0.2, 0.25) is 0 Å². The van der Waals surface area contributed by atoms with Crippen molar-refractivity contribution in [3.63, 3.8) is 0 Å². The highest BCUT2D eigenvalue weighted by atomic mass is 16.6. The van der Waals surface area contributed by atoms with E-state index in [9.17, 15) is 14.4 Å². The third-order valence-electron chi connectivity index (χ3n) is 9.16. The third-order valence-corrected chi connectivity index (χ3v) is 9.16. The minimum atomic E-state index is -0.770. The van der Waals surface area contributed by atoms with E-state index < -0.39 is 6.10 Å².